The van der Waals surface area contributed by atoms with Gasteiger partial charge in [0.15, 0.2) is 0 Å². The Morgan fingerprint density at radius 3 is 2.50 bits per heavy atom. The smallest absolute Gasteiger partial charge is 0.245 e. The Balaban J connectivity index is 1.76. The van der Waals surface area contributed by atoms with Crippen molar-refractivity contribution in [1.82, 2.24) is 4.31 Å². The number of hydrogen-bond donors (Lipinski definition) is 1. The van der Waals surface area contributed by atoms with E-state index in [1.807, 2.05) is 0 Å². The second-order valence-corrected chi connectivity index (χ2v) is 9.20. The van der Waals surface area contributed by atoms with Crippen LogP contribution in [0.25, 0.3) is 0 Å². The maximum atomic E-state index is 14.1. The van der Waals surface area contributed by atoms with Gasteiger partial charge >= 0.3 is 0 Å². The zero-order valence-electron chi connectivity index (χ0n) is 14.1. The lowest BCUT2D eigenvalue weighted by molar-refractivity contribution is -0.168. The van der Waals surface area contributed by atoms with Gasteiger partial charge in [-0.25, -0.2) is 12.8 Å². The maximum absolute atomic E-state index is 14.1. The quantitative estimate of drug-likeness (QED) is 0.881. The first-order valence-corrected chi connectivity index (χ1v) is 9.70. The van der Waals surface area contributed by atoms with Crippen LogP contribution in [0, 0.1) is 12.7 Å². The summed E-state index contributed by atoms with van der Waals surface area (Å²) in [5, 5.41) is 10.3. The fraction of sp³-hybridized carbons (Fsp3) is 0.647. The van der Waals surface area contributed by atoms with Crippen LogP contribution >= 0.6 is 0 Å². The fourth-order valence-electron chi connectivity index (χ4n) is 3.73. The summed E-state index contributed by atoms with van der Waals surface area (Å²) in [6.07, 6.45) is 2.11. The number of benzene rings is 1. The van der Waals surface area contributed by atoms with Crippen LogP contribution < -0.4 is 0 Å². The molecular weight excluding hydrogens is 333 g/mol. The van der Waals surface area contributed by atoms with Gasteiger partial charge in [-0.3, -0.25) is 0 Å². The summed E-state index contributed by atoms with van der Waals surface area (Å²) in [4.78, 5) is -0.277. The number of nitrogens with zero attached hydrogens (tertiary/aromatic N) is 1. The summed E-state index contributed by atoms with van der Waals surface area (Å²) >= 11 is 0. The standard InChI is InChI=1S/C17H24FNO4S/c1-13-3-4-15(14(18)11-13)24(21,22)19-8-5-17(6-9-19)12-16(2,20)7-10-23-17/h3-4,11,20H,5-10,12H2,1-2H3. The number of piperidine rings is 1. The van der Waals surface area contributed by atoms with Crippen molar-refractivity contribution in [2.24, 2.45) is 0 Å². The minimum absolute atomic E-state index is 0.270. The third-order valence-electron chi connectivity index (χ3n) is 5.09. The fourth-order valence-corrected chi connectivity index (χ4v) is 5.22. The molecule has 0 aromatic heterocycles. The molecule has 1 aromatic rings. The number of hydrogen-bond acceptors (Lipinski definition) is 4. The molecule has 0 amide bonds. The molecule has 2 aliphatic rings. The largest absolute Gasteiger partial charge is 0.390 e. The molecule has 1 atom stereocenters. The monoisotopic (exact) mass is 357 g/mol. The average Bonchev–Trinajstić information content (AvgIpc) is 2.46. The van der Waals surface area contributed by atoms with Crippen LogP contribution in [-0.2, 0) is 14.8 Å². The van der Waals surface area contributed by atoms with Gasteiger partial charge in [-0.2, -0.15) is 4.31 Å². The van der Waals surface area contributed by atoms with E-state index < -0.39 is 27.0 Å². The Labute approximate surface area is 142 Å². The Kier molecular flexibility index (Phi) is 4.49. The van der Waals surface area contributed by atoms with Crippen LogP contribution in [0.3, 0.4) is 0 Å². The molecule has 1 N–H and O–H groups in total. The Bertz CT molecular complexity index is 724. The molecule has 0 radical (unpaired) electrons. The summed E-state index contributed by atoms with van der Waals surface area (Å²) in [6.45, 7) is 4.53. The van der Waals surface area contributed by atoms with E-state index in [1.54, 1.807) is 19.9 Å². The lowest BCUT2D eigenvalue weighted by atomic mass is 9.78. The molecule has 2 aliphatic heterocycles. The molecule has 0 aliphatic carbocycles. The van der Waals surface area contributed by atoms with Gasteiger partial charge in [-0.1, -0.05) is 6.07 Å². The molecule has 1 unspecified atom stereocenters. The van der Waals surface area contributed by atoms with Gasteiger partial charge in [0, 0.05) is 19.5 Å². The molecule has 2 heterocycles. The SMILES string of the molecule is Cc1ccc(S(=O)(=O)N2CCC3(CC2)CC(C)(O)CCO3)c(F)c1. The molecule has 24 heavy (non-hydrogen) atoms. The third kappa shape index (κ3) is 3.35. The van der Waals surface area contributed by atoms with Gasteiger partial charge in [0.25, 0.3) is 0 Å². The van der Waals surface area contributed by atoms with Crippen molar-refractivity contribution in [1.29, 1.82) is 0 Å². The predicted octanol–water partition coefficient (Wildman–Crippen LogP) is 2.22. The number of sulfonamides is 1. The molecule has 1 spiro atoms. The van der Waals surface area contributed by atoms with Gasteiger partial charge in [0.05, 0.1) is 17.8 Å². The Morgan fingerprint density at radius 2 is 1.92 bits per heavy atom. The molecule has 0 bridgehead atoms. The lowest BCUT2D eigenvalue weighted by Crippen LogP contribution is -2.54. The van der Waals surface area contributed by atoms with Crippen molar-refractivity contribution < 1.29 is 22.7 Å². The highest BCUT2D eigenvalue weighted by Gasteiger charge is 2.46. The number of aryl methyl sites for hydroxylation is 1. The molecule has 0 saturated carbocycles. The summed E-state index contributed by atoms with van der Waals surface area (Å²) in [5.41, 5.74) is -0.566. The summed E-state index contributed by atoms with van der Waals surface area (Å²) in [6, 6.07) is 4.16. The van der Waals surface area contributed by atoms with E-state index in [9.17, 15) is 17.9 Å². The van der Waals surface area contributed by atoms with Gasteiger partial charge < -0.3 is 9.84 Å². The van der Waals surface area contributed by atoms with Gasteiger partial charge in [0.2, 0.25) is 10.0 Å². The van der Waals surface area contributed by atoms with Crippen LogP contribution in [0.15, 0.2) is 23.1 Å². The third-order valence-corrected chi connectivity index (χ3v) is 7.02. The van der Waals surface area contributed by atoms with Crippen LogP contribution in [0.5, 0.6) is 0 Å². The predicted molar refractivity (Wildman–Crippen MR) is 87.7 cm³/mol. The van der Waals surface area contributed by atoms with Gasteiger partial charge in [0.1, 0.15) is 10.7 Å². The van der Waals surface area contributed by atoms with E-state index in [1.165, 1.54) is 16.4 Å². The van der Waals surface area contributed by atoms with Crippen LogP contribution in [-0.4, -0.2) is 48.7 Å². The molecule has 134 valence electrons. The van der Waals surface area contributed by atoms with Crippen molar-refractivity contribution >= 4 is 10.0 Å². The van der Waals surface area contributed by atoms with Crippen LogP contribution in [0.1, 0.15) is 38.2 Å². The Morgan fingerprint density at radius 1 is 1.25 bits per heavy atom. The van der Waals surface area contributed by atoms with E-state index in [2.05, 4.69) is 0 Å². The minimum Gasteiger partial charge on any atom is -0.390 e. The molecule has 7 heteroatoms. The van der Waals surface area contributed by atoms with Crippen molar-refractivity contribution in [3.63, 3.8) is 0 Å². The van der Waals surface area contributed by atoms with E-state index in [-0.39, 0.29) is 18.0 Å². The maximum Gasteiger partial charge on any atom is 0.245 e. The van der Waals surface area contributed by atoms with E-state index >= 15 is 0 Å². The highest BCUT2D eigenvalue weighted by atomic mass is 32.2. The minimum atomic E-state index is -3.85. The number of aliphatic hydroxyl groups is 1. The van der Waals surface area contributed by atoms with Crippen molar-refractivity contribution in [2.45, 2.75) is 55.6 Å². The summed E-state index contributed by atoms with van der Waals surface area (Å²) in [5.74, 6) is -0.716. The first-order valence-electron chi connectivity index (χ1n) is 8.26. The van der Waals surface area contributed by atoms with Crippen LogP contribution in [0.4, 0.5) is 4.39 Å². The molecule has 1 aromatic carbocycles. The second-order valence-electron chi connectivity index (χ2n) is 7.29. The normalized spacial score (nSPS) is 28.2. The van der Waals surface area contributed by atoms with Crippen molar-refractivity contribution in [3.8, 4) is 0 Å². The first kappa shape index (κ1) is 17.8. The lowest BCUT2D eigenvalue weighted by Gasteiger charge is -2.47. The highest BCUT2D eigenvalue weighted by Crippen LogP contribution is 2.40. The van der Waals surface area contributed by atoms with Crippen LogP contribution in [0.2, 0.25) is 0 Å². The molecule has 5 nitrogen and oxygen atoms in total. The second kappa shape index (κ2) is 6.05. The molecule has 2 fully saturated rings. The Hall–Kier alpha value is -1.02. The molecular formula is C17H24FNO4S. The number of rotatable bonds is 2. The van der Waals surface area contributed by atoms with Crippen molar-refractivity contribution in [3.05, 3.63) is 29.6 Å². The summed E-state index contributed by atoms with van der Waals surface area (Å²) in [7, 11) is -3.85. The average molecular weight is 357 g/mol. The first-order chi connectivity index (χ1) is 11.1. The van der Waals surface area contributed by atoms with E-state index in [0.717, 1.165) is 0 Å². The zero-order chi connectivity index (χ0) is 17.6. The topological polar surface area (TPSA) is 66.8 Å². The van der Waals surface area contributed by atoms with Gasteiger partial charge in [-0.15, -0.1) is 0 Å². The molecule has 2 saturated heterocycles. The highest BCUT2D eigenvalue weighted by molar-refractivity contribution is 7.89. The molecule has 3 rings (SSSR count). The van der Waals surface area contributed by atoms with Gasteiger partial charge in [-0.05, 0) is 50.8 Å². The number of halogens is 1. The van der Waals surface area contributed by atoms with E-state index in [0.29, 0.717) is 37.9 Å². The van der Waals surface area contributed by atoms with Crippen molar-refractivity contribution in [2.75, 3.05) is 19.7 Å². The van der Waals surface area contributed by atoms with E-state index in [4.69, 9.17) is 4.74 Å². The summed E-state index contributed by atoms with van der Waals surface area (Å²) < 4.78 is 46.7. The number of ether oxygens (including phenoxy) is 1. The zero-order valence-corrected chi connectivity index (χ0v) is 14.9.